The number of ether oxygens (including phenoxy) is 1. The summed E-state index contributed by atoms with van der Waals surface area (Å²) in [7, 11) is 3.29. The van der Waals surface area contributed by atoms with E-state index >= 15 is 0 Å². The van der Waals surface area contributed by atoms with Crippen molar-refractivity contribution in [3.63, 3.8) is 0 Å². The first-order chi connectivity index (χ1) is 10.6. The van der Waals surface area contributed by atoms with Crippen molar-refractivity contribution in [3.05, 3.63) is 58.7 Å². The Labute approximate surface area is 134 Å². The van der Waals surface area contributed by atoms with Crippen LogP contribution in [-0.2, 0) is 13.1 Å². The second kappa shape index (κ2) is 7.66. The van der Waals surface area contributed by atoms with Gasteiger partial charge in [-0.15, -0.1) is 0 Å². The molecule has 0 spiro atoms. The van der Waals surface area contributed by atoms with E-state index in [0.29, 0.717) is 24.0 Å². The van der Waals surface area contributed by atoms with E-state index in [9.17, 15) is 4.79 Å². The van der Waals surface area contributed by atoms with Crippen LogP contribution in [0.25, 0.3) is 0 Å². The van der Waals surface area contributed by atoms with Crippen LogP contribution in [0.5, 0.6) is 5.88 Å². The Morgan fingerprint density at radius 1 is 1.32 bits per heavy atom. The van der Waals surface area contributed by atoms with Crippen LogP contribution in [0.15, 0.2) is 42.6 Å². The third-order valence-electron chi connectivity index (χ3n) is 3.16. The topological polar surface area (TPSA) is 54.5 Å². The quantitative estimate of drug-likeness (QED) is 0.921. The van der Waals surface area contributed by atoms with Gasteiger partial charge in [0.05, 0.1) is 7.11 Å². The maximum atomic E-state index is 12.1. The smallest absolute Gasteiger partial charge is 0.317 e. The van der Waals surface area contributed by atoms with Gasteiger partial charge in [-0.25, -0.2) is 9.78 Å². The van der Waals surface area contributed by atoms with Gasteiger partial charge in [-0.2, -0.15) is 0 Å². The number of rotatable bonds is 5. The molecule has 0 atom stereocenters. The number of benzene rings is 1. The zero-order chi connectivity index (χ0) is 15.9. The lowest BCUT2D eigenvalue weighted by Gasteiger charge is -2.18. The van der Waals surface area contributed by atoms with Gasteiger partial charge in [-0.05, 0) is 17.2 Å². The Hall–Kier alpha value is -2.27. The second-order valence-electron chi connectivity index (χ2n) is 4.81. The van der Waals surface area contributed by atoms with Gasteiger partial charge in [-0.3, -0.25) is 0 Å². The Morgan fingerprint density at radius 3 is 2.73 bits per heavy atom. The van der Waals surface area contributed by atoms with Crippen molar-refractivity contribution in [1.29, 1.82) is 0 Å². The van der Waals surface area contributed by atoms with Gasteiger partial charge in [0.2, 0.25) is 5.88 Å². The molecule has 0 bridgehead atoms. The minimum Gasteiger partial charge on any atom is -0.481 e. The van der Waals surface area contributed by atoms with Crippen LogP contribution >= 0.6 is 11.6 Å². The van der Waals surface area contributed by atoms with Crippen molar-refractivity contribution in [3.8, 4) is 5.88 Å². The standard InChI is InChI=1S/C16H18ClN3O2/c1-20(11-13-5-3-4-6-14(13)17)16(21)19-10-12-7-8-15(22-2)18-9-12/h3-9H,10-11H2,1-2H3,(H,19,21). The zero-order valence-electron chi connectivity index (χ0n) is 12.5. The molecule has 0 radical (unpaired) electrons. The largest absolute Gasteiger partial charge is 0.481 e. The number of hydrogen-bond donors (Lipinski definition) is 1. The molecule has 22 heavy (non-hydrogen) atoms. The number of nitrogens with one attached hydrogen (secondary N) is 1. The first kappa shape index (κ1) is 16.1. The van der Waals surface area contributed by atoms with Gasteiger partial charge in [0.15, 0.2) is 0 Å². The first-order valence-electron chi connectivity index (χ1n) is 6.81. The summed E-state index contributed by atoms with van der Waals surface area (Å²) in [6.45, 7) is 0.856. The Bertz CT molecular complexity index is 632. The number of nitrogens with zero attached hydrogens (tertiary/aromatic N) is 2. The Kier molecular flexibility index (Phi) is 5.61. The van der Waals surface area contributed by atoms with Crippen molar-refractivity contribution in [2.24, 2.45) is 0 Å². The van der Waals surface area contributed by atoms with Gasteiger partial charge in [0.1, 0.15) is 0 Å². The lowest BCUT2D eigenvalue weighted by Crippen LogP contribution is -2.36. The molecule has 2 aromatic rings. The molecule has 5 nitrogen and oxygen atoms in total. The maximum Gasteiger partial charge on any atom is 0.317 e. The highest BCUT2D eigenvalue weighted by Gasteiger charge is 2.10. The molecule has 0 aliphatic heterocycles. The summed E-state index contributed by atoms with van der Waals surface area (Å²) in [6.07, 6.45) is 1.67. The lowest BCUT2D eigenvalue weighted by atomic mass is 10.2. The SMILES string of the molecule is COc1ccc(CNC(=O)N(C)Cc2ccccc2Cl)cn1. The monoisotopic (exact) mass is 319 g/mol. The van der Waals surface area contributed by atoms with Crippen molar-refractivity contribution in [2.45, 2.75) is 13.1 Å². The van der Waals surface area contributed by atoms with Gasteiger partial charge >= 0.3 is 6.03 Å². The van der Waals surface area contributed by atoms with Crippen LogP contribution in [0.3, 0.4) is 0 Å². The molecule has 0 fully saturated rings. The van der Waals surface area contributed by atoms with Gasteiger partial charge in [0, 0.05) is 37.4 Å². The lowest BCUT2D eigenvalue weighted by molar-refractivity contribution is 0.206. The third kappa shape index (κ3) is 4.36. The molecule has 1 N–H and O–H groups in total. The number of carbonyl (C=O) groups excluding carboxylic acids is 1. The molecule has 1 heterocycles. The normalized spacial score (nSPS) is 10.1. The number of halogens is 1. The number of pyridine rings is 1. The number of amides is 2. The molecule has 2 rings (SSSR count). The molecule has 6 heteroatoms. The maximum absolute atomic E-state index is 12.1. The minimum atomic E-state index is -0.171. The molecular weight excluding hydrogens is 302 g/mol. The van der Waals surface area contributed by atoms with E-state index in [1.54, 1.807) is 31.3 Å². The summed E-state index contributed by atoms with van der Waals surface area (Å²) in [5, 5.41) is 3.49. The average molecular weight is 320 g/mol. The highest BCUT2D eigenvalue weighted by molar-refractivity contribution is 6.31. The van der Waals surface area contributed by atoms with Crippen molar-refractivity contribution >= 4 is 17.6 Å². The number of urea groups is 1. The third-order valence-corrected chi connectivity index (χ3v) is 3.53. The Balaban J connectivity index is 1.87. The van der Waals surface area contributed by atoms with E-state index in [1.165, 1.54) is 0 Å². The summed E-state index contributed by atoms with van der Waals surface area (Å²) in [5.74, 6) is 0.547. The number of methoxy groups -OCH3 is 1. The van der Waals surface area contributed by atoms with Crippen LogP contribution < -0.4 is 10.1 Å². The average Bonchev–Trinajstić information content (AvgIpc) is 2.55. The molecular formula is C16H18ClN3O2. The highest BCUT2D eigenvalue weighted by Crippen LogP contribution is 2.16. The summed E-state index contributed by atoms with van der Waals surface area (Å²) in [5.41, 5.74) is 1.81. The van der Waals surface area contributed by atoms with Crippen LogP contribution in [-0.4, -0.2) is 30.1 Å². The molecule has 1 aromatic heterocycles. The highest BCUT2D eigenvalue weighted by atomic mass is 35.5. The van der Waals surface area contributed by atoms with Crippen molar-refractivity contribution in [2.75, 3.05) is 14.2 Å². The van der Waals surface area contributed by atoms with Crippen LogP contribution in [0.4, 0.5) is 4.79 Å². The number of carbonyl (C=O) groups is 1. The summed E-state index contributed by atoms with van der Waals surface area (Å²) in [4.78, 5) is 17.8. The van der Waals surface area contributed by atoms with Crippen LogP contribution in [0, 0.1) is 0 Å². The summed E-state index contributed by atoms with van der Waals surface area (Å²) in [6, 6.07) is 10.9. The van der Waals surface area contributed by atoms with E-state index in [0.717, 1.165) is 11.1 Å². The van der Waals surface area contributed by atoms with Crippen LogP contribution in [0.2, 0.25) is 5.02 Å². The summed E-state index contributed by atoms with van der Waals surface area (Å²) >= 11 is 6.10. The van der Waals surface area contributed by atoms with E-state index in [1.807, 2.05) is 30.3 Å². The molecule has 0 aliphatic carbocycles. The van der Waals surface area contributed by atoms with Gasteiger partial charge < -0.3 is 15.0 Å². The van der Waals surface area contributed by atoms with E-state index in [2.05, 4.69) is 10.3 Å². The zero-order valence-corrected chi connectivity index (χ0v) is 13.3. The fraction of sp³-hybridized carbons (Fsp3) is 0.250. The molecule has 116 valence electrons. The number of aromatic nitrogens is 1. The van der Waals surface area contributed by atoms with E-state index in [4.69, 9.17) is 16.3 Å². The van der Waals surface area contributed by atoms with Crippen molar-refractivity contribution in [1.82, 2.24) is 15.2 Å². The molecule has 2 amide bonds. The minimum absolute atomic E-state index is 0.171. The molecule has 0 saturated carbocycles. The molecule has 1 aromatic carbocycles. The molecule has 0 saturated heterocycles. The fourth-order valence-corrected chi connectivity index (χ4v) is 2.10. The fourth-order valence-electron chi connectivity index (χ4n) is 1.90. The Morgan fingerprint density at radius 2 is 2.09 bits per heavy atom. The predicted octanol–water partition coefficient (Wildman–Crippen LogP) is 3.09. The predicted molar refractivity (Wildman–Crippen MR) is 85.9 cm³/mol. The van der Waals surface area contributed by atoms with E-state index < -0.39 is 0 Å². The number of hydrogen-bond acceptors (Lipinski definition) is 3. The van der Waals surface area contributed by atoms with Crippen LogP contribution in [0.1, 0.15) is 11.1 Å². The van der Waals surface area contributed by atoms with Gasteiger partial charge in [-0.1, -0.05) is 35.9 Å². The molecule has 0 unspecified atom stereocenters. The van der Waals surface area contributed by atoms with E-state index in [-0.39, 0.29) is 6.03 Å². The summed E-state index contributed by atoms with van der Waals surface area (Å²) < 4.78 is 4.99. The molecule has 0 aliphatic rings. The van der Waals surface area contributed by atoms with Crippen molar-refractivity contribution < 1.29 is 9.53 Å². The van der Waals surface area contributed by atoms with Gasteiger partial charge in [0.25, 0.3) is 0 Å². The second-order valence-corrected chi connectivity index (χ2v) is 5.22. The first-order valence-corrected chi connectivity index (χ1v) is 7.19.